The summed E-state index contributed by atoms with van der Waals surface area (Å²) in [5, 5.41) is 0. The monoisotopic (exact) mass is 217 g/mol. The Morgan fingerprint density at radius 2 is 1.93 bits per heavy atom. The van der Waals surface area contributed by atoms with E-state index in [0.29, 0.717) is 6.54 Å². The number of hydrogen-bond donors (Lipinski definition) is 1. The average molecular weight is 217 g/mol. The number of benzene rings is 1. The number of thiophene rings is 1. The highest BCUT2D eigenvalue weighted by atomic mass is 32.1. The molecule has 0 fully saturated rings. The summed E-state index contributed by atoms with van der Waals surface area (Å²) in [6, 6.07) is 10.9. The van der Waals surface area contributed by atoms with E-state index in [4.69, 9.17) is 5.73 Å². The molecular weight excluding hydrogens is 202 g/mol. The third-order valence-electron chi connectivity index (χ3n) is 2.40. The lowest BCUT2D eigenvalue weighted by atomic mass is 10.1. The molecule has 1 aromatic carbocycles. The molecule has 0 spiro atoms. The fourth-order valence-electron chi connectivity index (χ4n) is 1.71. The van der Waals surface area contributed by atoms with Gasteiger partial charge in [-0.15, -0.1) is 11.3 Å². The van der Waals surface area contributed by atoms with Crippen LogP contribution in [0.4, 0.5) is 0 Å². The lowest BCUT2D eigenvalue weighted by Crippen LogP contribution is -1.96. The summed E-state index contributed by atoms with van der Waals surface area (Å²) >= 11 is 1.83. The average Bonchev–Trinajstić information content (AvgIpc) is 2.64. The first-order valence-electron chi connectivity index (χ1n) is 5.06. The Kier molecular flexibility index (Phi) is 2.89. The number of hydrogen-bond acceptors (Lipinski definition) is 2. The van der Waals surface area contributed by atoms with Crippen molar-refractivity contribution in [3.63, 3.8) is 0 Å². The summed E-state index contributed by atoms with van der Waals surface area (Å²) in [7, 11) is 0. The van der Waals surface area contributed by atoms with E-state index in [-0.39, 0.29) is 0 Å². The molecular formula is C13H15NS. The van der Waals surface area contributed by atoms with Crippen LogP contribution in [0.25, 0.3) is 10.4 Å². The van der Waals surface area contributed by atoms with Crippen LogP contribution in [0.3, 0.4) is 0 Å². The molecule has 0 radical (unpaired) electrons. The topological polar surface area (TPSA) is 26.0 Å². The molecule has 78 valence electrons. The van der Waals surface area contributed by atoms with Crippen molar-refractivity contribution in [1.82, 2.24) is 0 Å². The van der Waals surface area contributed by atoms with Crippen LogP contribution in [-0.2, 0) is 6.54 Å². The maximum Gasteiger partial charge on any atom is 0.0345 e. The van der Waals surface area contributed by atoms with Gasteiger partial charge >= 0.3 is 0 Å². The molecule has 0 aliphatic heterocycles. The highest BCUT2D eigenvalue weighted by molar-refractivity contribution is 7.15. The lowest BCUT2D eigenvalue weighted by Gasteiger charge is -2.04. The zero-order valence-corrected chi connectivity index (χ0v) is 9.90. The molecule has 2 aromatic rings. The van der Waals surface area contributed by atoms with Gasteiger partial charge in [0.25, 0.3) is 0 Å². The van der Waals surface area contributed by atoms with Gasteiger partial charge in [-0.2, -0.15) is 0 Å². The minimum absolute atomic E-state index is 0.610. The standard InChI is InChI=1S/C13H15NS/c1-9-5-11(8-14)7-12(6-9)13-4-3-10(2)15-13/h3-7H,8,14H2,1-2H3. The Balaban J connectivity index is 2.48. The van der Waals surface area contributed by atoms with Crippen LogP contribution >= 0.6 is 11.3 Å². The molecule has 2 heteroatoms. The first kappa shape index (κ1) is 10.4. The molecule has 0 aliphatic carbocycles. The Labute approximate surface area is 94.6 Å². The van der Waals surface area contributed by atoms with E-state index in [2.05, 4.69) is 44.2 Å². The van der Waals surface area contributed by atoms with Crippen molar-refractivity contribution in [2.45, 2.75) is 20.4 Å². The summed E-state index contributed by atoms with van der Waals surface area (Å²) in [5.74, 6) is 0. The van der Waals surface area contributed by atoms with E-state index in [1.165, 1.54) is 26.4 Å². The minimum atomic E-state index is 0.610. The summed E-state index contributed by atoms with van der Waals surface area (Å²) in [6.07, 6.45) is 0. The quantitative estimate of drug-likeness (QED) is 0.818. The summed E-state index contributed by atoms with van der Waals surface area (Å²) in [6.45, 7) is 4.86. The van der Waals surface area contributed by atoms with Crippen molar-refractivity contribution in [3.8, 4) is 10.4 Å². The van der Waals surface area contributed by atoms with E-state index in [9.17, 15) is 0 Å². The fraction of sp³-hybridized carbons (Fsp3) is 0.231. The molecule has 1 nitrogen and oxygen atoms in total. The molecule has 2 N–H and O–H groups in total. The summed E-state index contributed by atoms with van der Waals surface area (Å²) < 4.78 is 0. The molecule has 0 saturated heterocycles. The second kappa shape index (κ2) is 4.17. The predicted octanol–water partition coefficient (Wildman–Crippen LogP) is 3.49. The second-order valence-electron chi connectivity index (χ2n) is 3.82. The Bertz CT molecular complexity index is 471. The molecule has 0 unspecified atom stereocenters. The van der Waals surface area contributed by atoms with Crippen molar-refractivity contribution >= 4 is 11.3 Å². The minimum Gasteiger partial charge on any atom is -0.326 e. The molecule has 0 aliphatic rings. The van der Waals surface area contributed by atoms with Crippen molar-refractivity contribution in [1.29, 1.82) is 0 Å². The maximum atomic E-state index is 5.67. The van der Waals surface area contributed by atoms with Gasteiger partial charge in [0.2, 0.25) is 0 Å². The molecule has 0 amide bonds. The van der Waals surface area contributed by atoms with Gasteiger partial charge in [0.15, 0.2) is 0 Å². The van der Waals surface area contributed by atoms with Gasteiger partial charge in [0, 0.05) is 16.3 Å². The van der Waals surface area contributed by atoms with Gasteiger partial charge in [0.1, 0.15) is 0 Å². The van der Waals surface area contributed by atoms with Gasteiger partial charge in [-0.3, -0.25) is 0 Å². The first-order chi connectivity index (χ1) is 7.19. The fourth-order valence-corrected chi connectivity index (χ4v) is 2.57. The van der Waals surface area contributed by atoms with Gasteiger partial charge in [-0.25, -0.2) is 0 Å². The Morgan fingerprint density at radius 1 is 1.13 bits per heavy atom. The lowest BCUT2D eigenvalue weighted by molar-refractivity contribution is 1.07. The van der Waals surface area contributed by atoms with Crippen LogP contribution < -0.4 is 5.73 Å². The third-order valence-corrected chi connectivity index (χ3v) is 3.45. The molecule has 15 heavy (non-hydrogen) atoms. The van der Waals surface area contributed by atoms with Crippen LogP contribution in [0, 0.1) is 13.8 Å². The van der Waals surface area contributed by atoms with Crippen LogP contribution in [0.5, 0.6) is 0 Å². The first-order valence-corrected chi connectivity index (χ1v) is 5.88. The molecule has 1 aromatic heterocycles. The van der Waals surface area contributed by atoms with Gasteiger partial charge < -0.3 is 5.73 Å². The van der Waals surface area contributed by atoms with E-state index in [1.807, 2.05) is 11.3 Å². The third kappa shape index (κ3) is 2.28. The molecule has 0 saturated carbocycles. The molecule has 0 atom stereocenters. The van der Waals surface area contributed by atoms with Crippen LogP contribution in [0.15, 0.2) is 30.3 Å². The van der Waals surface area contributed by atoms with E-state index in [1.54, 1.807) is 0 Å². The molecule has 2 rings (SSSR count). The maximum absolute atomic E-state index is 5.67. The predicted molar refractivity (Wildman–Crippen MR) is 67.1 cm³/mol. The normalized spacial score (nSPS) is 10.6. The van der Waals surface area contributed by atoms with E-state index in [0.717, 1.165) is 0 Å². The SMILES string of the molecule is Cc1cc(CN)cc(-c2ccc(C)s2)c1. The highest BCUT2D eigenvalue weighted by Gasteiger charge is 2.02. The van der Waals surface area contributed by atoms with Crippen LogP contribution in [0.2, 0.25) is 0 Å². The van der Waals surface area contributed by atoms with Crippen LogP contribution in [0.1, 0.15) is 16.0 Å². The van der Waals surface area contributed by atoms with Gasteiger partial charge in [-0.1, -0.05) is 17.7 Å². The number of nitrogens with two attached hydrogens (primary N) is 1. The number of aryl methyl sites for hydroxylation is 2. The molecule has 0 bridgehead atoms. The smallest absolute Gasteiger partial charge is 0.0345 e. The van der Waals surface area contributed by atoms with E-state index < -0.39 is 0 Å². The van der Waals surface area contributed by atoms with Crippen molar-refractivity contribution in [2.75, 3.05) is 0 Å². The highest BCUT2D eigenvalue weighted by Crippen LogP contribution is 2.29. The van der Waals surface area contributed by atoms with Gasteiger partial charge in [0.05, 0.1) is 0 Å². The summed E-state index contributed by atoms with van der Waals surface area (Å²) in [5.41, 5.74) is 9.44. The van der Waals surface area contributed by atoms with Crippen LogP contribution in [-0.4, -0.2) is 0 Å². The Morgan fingerprint density at radius 3 is 2.53 bits per heavy atom. The van der Waals surface area contributed by atoms with Crippen molar-refractivity contribution in [3.05, 3.63) is 46.3 Å². The van der Waals surface area contributed by atoms with Gasteiger partial charge in [-0.05, 0) is 43.2 Å². The van der Waals surface area contributed by atoms with Crippen molar-refractivity contribution in [2.24, 2.45) is 5.73 Å². The number of rotatable bonds is 2. The Hall–Kier alpha value is -1.12. The van der Waals surface area contributed by atoms with E-state index >= 15 is 0 Å². The summed E-state index contributed by atoms with van der Waals surface area (Å²) in [4.78, 5) is 2.67. The largest absolute Gasteiger partial charge is 0.326 e. The second-order valence-corrected chi connectivity index (χ2v) is 5.11. The zero-order chi connectivity index (χ0) is 10.8. The van der Waals surface area contributed by atoms with Crippen molar-refractivity contribution < 1.29 is 0 Å². The zero-order valence-electron chi connectivity index (χ0n) is 9.08. The molecule has 1 heterocycles.